The van der Waals surface area contributed by atoms with Crippen LogP contribution in [0, 0.1) is 0 Å². The summed E-state index contributed by atoms with van der Waals surface area (Å²) in [5.74, 6) is -0.328. The summed E-state index contributed by atoms with van der Waals surface area (Å²) in [5.41, 5.74) is 0.961. The molecule has 0 aliphatic heterocycles. The van der Waals surface area contributed by atoms with Crippen LogP contribution in [0.4, 0.5) is 0 Å². The molecule has 2 aromatic carbocycles. The van der Waals surface area contributed by atoms with E-state index < -0.39 is 12.1 Å². The number of halogens is 1. The highest BCUT2D eigenvalue weighted by Crippen LogP contribution is 2.27. The molecule has 0 N–H and O–H groups in total. The van der Waals surface area contributed by atoms with Crippen LogP contribution < -0.4 is 4.74 Å². The summed E-state index contributed by atoms with van der Waals surface area (Å²) in [5, 5.41) is 1.09. The van der Waals surface area contributed by atoms with E-state index in [0.29, 0.717) is 33.7 Å². The number of benzene rings is 2. The largest absolute Gasteiger partial charge is 0.479 e. The van der Waals surface area contributed by atoms with Gasteiger partial charge in [-0.2, -0.15) is 0 Å². The van der Waals surface area contributed by atoms with Crippen molar-refractivity contribution >= 4 is 34.4 Å². The van der Waals surface area contributed by atoms with Crippen molar-refractivity contribution in [3.63, 3.8) is 0 Å². The van der Waals surface area contributed by atoms with Crippen molar-refractivity contribution in [1.29, 1.82) is 0 Å². The van der Waals surface area contributed by atoms with Crippen molar-refractivity contribution in [2.45, 2.75) is 19.4 Å². The fraction of sp³-hybridized carbons (Fsp3) is 0.200. The minimum absolute atomic E-state index is 0.279. The highest BCUT2D eigenvalue weighted by molar-refractivity contribution is 6.32. The maximum atomic E-state index is 13.1. The van der Waals surface area contributed by atoms with Crippen LogP contribution in [0.5, 0.6) is 5.75 Å². The number of para-hydroxylation sites is 2. The van der Waals surface area contributed by atoms with Crippen molar-refractivity contribution < 1.29 is 19.1 Å². The van der Waals surface area contributed by atoms with Gasteiger partial charge in [-0.15, -0.1) is 0 Å². The van der Waals surface area contributed by atoms with Crippen LogP contribution in [0.2, 0.25) is 5.02 Å². The number of ether oxygens (including phenoxy) is 2. The third kappa shape index (κ3) is 3.30. The Bertz CT molecular complexity index is 963. The van der Waals surface area contributed by atoms with Crippen molar-refractivity contribution in [3.8, 4) is 5.75 Å². The average molecular weight is 372 g/mol. The Morgan fingerprint density at radius 2 is 1.81 bits per heavy atom. The Labute approximate surface area is 156 Å². The van der Waals surface area contributed by atoms with Gasteiger partial charge >= 0.3 is 5.97 Å². The first kappa shape index (κ1) is 18.0. The molecule has 1 aromatic heterocycles. The Morgan fingerprint density at radius 3 is 2.50 bits per heavy atom. The van der Waals surface area contributed by atoms with E-state index in [0.717, 1.165) is 0 Å². The van der Waals surface area contributed by atoms with Gasteiger partial charge in [-0.1, -0.05) is 48.9 Å². The van der Waals surface area contributed by atoms with E-state index >= 15 is 0 Å². The molecule has 0 aliphatic carbocycles. The molecule has 0 spiro atoms. The molecule has 6 heteroatoms. The molecule has 0 saturated carbocycles. The quantitative estimate of drug-likeness (QED) is 0.616. The Morgan fingerprint density at radius 1 is 1.12 bits per heavy atom. The van der Waals surface area contributed by atoms with Gasteiger partial charge < -0.3 is 9.47 Å². The minimum atomic E-state index is -0.740. The van der Waals surface area contributed by atoms with E-state index in [9.17, 15) is 9.59 Å². The Hall–Kier alpha value is -2.79. The molecule has 1 heterocycles. The standard InChI is InChI=1S/C20H18ClNO4/c1-3-17(26-18-11-7-5-9-15(18)21)19(23)22-12-14(20(24)25-2)13-8-4-6-10-16(13)22/h4-12,17H,3H2,1-2H3/t17-/m0/s1. The van der Waals surface area contributed by atoms with Crippen LogP contribution in [0.15, 0.2) is 54.7 Å². The maximum Gasteiger partial charge on any atom is 0.340 e. The van der Waals surface area contributed by atoms with Gasteiger partial charge in [-0.05, 0) is 24.6 Å². The van der Waals surface area contributed by atoms with Gasteiger partial charge in [0.05, 0.1) is 23.2 Å². The zero-order chi connectivity index (χ0) is 18.7. The summed E-state index contributed by atoms with van der Waals surface area (Å²) in [6, 6.07) is 14.2. The summed E-state index contributed by atoms with van der Waals surface area (Å²) in [6.45, 7) is 1.85. The number of fused-ring (bicyclic) bond motifs is 1. The molecule has 0 aliphatic rings. The molecule has 0 saturated heterocycles. The van der Waals surface area contributed by atoms with Crippen LogP contribution in [0.25, 0.3) is 10.9 Å². The molecule has 26 heavy (non-hydrogen) atoms. The molecule has 0 bridgehead atoms. The summed E-state index contributed by atoms with van der Waals surface area (Å²) in [7, 11) is 1.31. The lowest BCUT2D eigenvalue weighted by Crippen LogP contribution is -2.31. The van der Waals surface area contributed by atoms with E-state index in [1.54, 1.807) is 42.5 Å². The number of nitrogens with zero attached hydrogens (tertiary/aromatic N) is 1. The first-order chi connectivity index (χ1) is 12.6. The second kappa shape index (κ2) is 7.62. The first-order valence-corrected chi connectivity index (χ1v) is 8.58. The van der Waals surface area contributed by atoms with Gasteiger partial charge in [-0.3, -0.25) is 9.36 Å². The highest BCUT2D eigenvalue weighted by atomic mass is 35.5. The van der Waals surface area contributed by atoms with Crippen LogP contribution >= 0.6 is 11.6 Å². The maximum absolute atomic E-state index is 13.1. The fourth-order valence-corrected chi connectivity index (χ4v) is 2.97. The number of rotatable bonds is 5. The van der Waals surface area contributed by atoms with Crippen molar-refractivity contribution in [1.82, 2.24) is 4.57 Å². The number of carbonyl (C=O) groups is 2. The number of esters is 1. The summed E-state index contributed by atoms with van der Waals surface area (Å²) >= 11 is 6.13. The summed E-state index contributed by atoms with van der Waals surface area (Å²) in [4.78, 5) is 25.1. The normalized spacial score (nSPS) is 12.0. The lowest BCUT2D eigenvalue weighted by atomic mass is 10.2. The van der Waals surface area contributed by atoms with Gasteiger partial charge in [0.2, 0.25) is 0 Å². The fourth-order valence-electron chi connectivity index (χ4n) is 2.79. The molecule has 0 unspecified atom stereocenters. The predicted molar refractivity (Wildman–Crippen MR) is 100 cm³/mol. The van der Waals surface area contributed by atoms with Gasteiger partial charge in [0.1, 0.15) is 5.75 Å². The Kier molecular flexibility index (Phi) is 5.28. The van der Waals surface area contributed by atoms with Gasteiger partial charge in [0, 0.05) is 11.6 Å². The van der Waals surface area contributed by atoms with E-state index in [2.05, 4.69) is 0 Å². The predicted octanol–water partition coefficient (Wildman–Crippen LogP) is 4.58. The molecular formula is C20H18ClNO4. The second-order valence-electron chi connectivity index (χ2n) is 5.70. The molecular weight excluding hydrogens is 354 g/mol. The zero-order valence-electron chi connectivity index (χ0n) is 14.4. The van der Waals surface area contributed by atoms with Crippen LogP contribution in [0.1, 0.15) is 28.5 Å². The number of methoxy groups -OCH3 is 1. The highest BCUT2D eigenvalue weighted by Gasteiger charge is 2.25. The molecule has 0 radical (unpaired) electrons. The average Bonchev–Trinajstić information content (AvgIpc) is 3.06. The third-order valence-corrected chi connectivity index (χ3v) is 4.42. The molecule has 1 atom stereocenters. The third-order valence-electron chi connectivity index (χ3n) is 4.11. The number of carbonyl (C=O) groups excluding carboxylic acids is 2. The van der Waals surface area contributed by atoms with Crippen LogP contribution in [-0.2, 0) is 4.74 Å². The molecule has 0 fully saturated rings. The van der Waals surface area contributed by atoms with E-state index in [1.807, 2.05) is 13.0 Å². The van der Waals surface area contributed by atoms with Gasteiger partial charge in [0.25, 0.3) is 5.91 Å². The SMILES string of the molecule is CC[C@H](Oc1ccccc1Cl)C(=O)n1cc(C(=O)OC)c2ccccc21. The van der Waals surface area contributed by atoms with E-state index in [-0.39, 0.29) is 5.91 Å². The monoisotopic (exact) mass is 371 g/mol. The molecule has 0 amide bonds. The van der Waals surface area contributed by atoms with Gasteiger partial charge in [0.15, 0.2) is 6.10 Å². The second-order valence-corrected chi connectivity index (χ2v) is 6.11. The number of hydrogen-bond donors (Lipinski definition) is 0. The van der Waals surface area contributed by atoms with E-state index in [4.69, 9.17) is 21.1 Å². The van der Waals surface area contributed by atoms with Crippen molar-refractivity contribution in [2.24, 2.45) is 0 Å². The topological polar surface area (TPSA) is 57.5 Å². The van der Waals surface area contributed by atoms with Crippen molar-refractivity contribution in [2.75, 3.05) is 7.11 Å². The van der Waals surface area contributed by atoms with Crippen LogP contribution in [-0.4, -0.2) is 29.7 Å². The molecule has 3 rings (SSSR count). The van der Waals surface area contributed by atoms with Crippen LogP contribution in [0.3, 0.4) is 0 Å². The van der Waals surface area contributed by atoms with E-state index in [1.165, 1.54) is 17.9 Å². The minimum Gasteiger partial charge on any atom is -0.479 e. The summed E-state index contributed by atoms with van der Waals surface area (Å²) < 4.78 is 12.1. The molecule has 5 nitrogen and oxygen atoms in total. The summed E-state index contributed by atoms with van der Waals surface area (Å²) in [6.07, 6.45) is 1.21. The molecule has 3 aromatic rings. The number of hydrogen-bond acceptors (Lipinski definition) is 4. The lowest BCUT2D eigenvalue weighted by Gasteiger charge is -2.18. The lowest BCUT2D eigenvalue weighted by molar-refractivity contribution is 0.0602. The smallest absolute Gasteiger partial charge is 0.340 e. The van der Waals surface area contributed by atoms with Gasteiger partial charge in [-0.25, -0.2) is 4.79 Å². The zero-order valence-corrected chi connectivity index (χ0v) is 15.2. The van der Waals surface area contributed by atoms with Crippen molar-refractivity contribution in [3.05, 3.63) is 65.3 Å². The number of aromatic nitrogens is 1. The Balaban J connectivity index is 2.00. The molecule has 134 valence electrons. The first-order valence-electron chi connectivity index (χ1n) is 8.20.